The topological polar surface area (TPSA) is 78.4 Å². The number of aryl methyl sites for hydroxylation is 1. The summed E-state index contributed by atoms with van der Waals surface area (Å²) in [6, 6.07) is 2.38. The van der Waals surface area contributed by atoms with Crippen molar-refractivity contribution in [1.29, 1.82) is 0 Å². The average Bonchev–Trinajstić information content (AvgIpc) is 3.25. The maximum absolute atomic E-state index is 11.5. The number of hydrogen-bond donors (Lipinski definition) is 1. The van der Waals surface area contributed by atoms with Gasteiger partial charge < -0.3 is 15.1 Å². The molecular weight excluding hydrogens is 350 g/mol. The van der Waals surface area contributed by atoms with Crippen LogP contribution in [0.5, 0.6) is 0 Å². The summed E-state index contributed by atoms with van der Waals surface area (Å²) >= 11 is 0. The third kappa shape index (κ3) is 4.01. The van der Waals surface area contributed by atoms with Gasteiger partial charge in [0.2, 0.25) is 5.95 Å². The fourth-order valence-corrected chi connectivity index (χ4v) is 5.26. The third-order valence-corrected chi connectivity index (χ3v) is 6.81. The van der Waals surface area contributed by atoms with Crippen LogP contribution < -0.4 is 15.1 Å². The number of aromatic nitrogens is 2. The summed E-state index contributed by atoms with van der Waals surface area (Å²) in [6.45, 7) is 5.98. The molecule has 4 heterocycles. The van der Waals surface area contributed by atoms with Crippen LogP contribution in [0.2, 0.25) is 0 Å². The molecule has 0 aromatic carbocycles. The highest BCUT2D eigenvalue weighted by molar-refractivity contribution is 7.94. The Balaban J connectivity index is 1.36. The Morgan fingerprint density at radius 1 is 1.08 bits per heavy atom. The van der Waals surface area contributed by atoms with Gasteiger partial charge in [0.05, 0.1) is 5.75 Å². The first-order chi connectivity index (χ1) is 12.5. The molecule has 0 saturated carbocycles. The molecule has 1 N–H and O–H groups in total. The van der Waals surface area contributed by atoms with E-state index in [1.54, 1.807) is 6.08 Å². The Labute approximate surface area is 155 Å². The number of sulfone groups is 1. The van der Waals surface area contributed by atoms with Crippen LogP contribution in [0.4, 0.5) is 11.8 Å². The van der Waals surface area contributed by atoms with Gasteiger partial charge in [-0.25, -0.2) is 13.4 Å². The largest absolute Gasteiger partial charge is 0.356 e. The van der Waals surface area contributed by atoms with E-state index in [2.05, 4.69) is 26.2 Å². The molecule has 4 rings (SSSR count). The first-order valence-corrected chi connectivity index (χ1v) is 11.2. The summed E-state index contributed by atoms with van der Waals surface area (Å²) in [6.07, 6.45) is 6.20. The lowest BCUT2D eigenvalue weighted by atomic mass is 10.0. The van der Waals surface area contributed by atoms with Gasteiger partial charge in [-0.15, -0.1) is 0 Å². The maximum Gasteiger partial charge on any atom is 0.227 e. The van der Waals surface area contributed by atoms with Crippen molar-refractivity contribution in [2.24, 2.45) is 0 Å². The molecule has 1 aromatic heterocycles. The summed E-state index contributed by atoms with van der Waals surface area (Å²) in [5, 5.41) is 4.82. The number of nitrogens with zero attached hydrogens (tertiary/aromatic N) is 4. The Morgan fingerprint density at radius 3 is 2.46 bits per heavy atom. The van der Waals surface area contributed by atoms with Crippen molar-refractivity contribution < 1.29 is 8.42 Å². The van der Waals surface area contributed by atoms with E-state index in [4.69, 9.17) is 4.98 Å². The highest BCUT2D eigenvalue weighted by Gasteiger charge is 2.27. The molecule has 142 valence electrons. The van der Waals surface area contributed by atoms with E-state index in [1.807, 2.05) is 6.92 Å². The van der Waals surface area contributed by atoms with Gasteiger partial charge in [0.25, 0.3) is 0 Å². The van der Waals surface area contributed by atoms with E-state index in [0.29, 0.717) is 6.04 Å². The summed E-state index contributed by atoms with van der Waals surface area (Å²) in [7, 11) is -2.99. The molecule has 3 aliphatic rings. The smallest absolute Gasteiger partial charge is 0.227 e. The maximum atomic E-state index is 11.5. The van der Waals surface area contributed by atoms with E-state index in [0.717, 1.165) is 56.5 Å². The van der Waals surface area contributed by atoms with Crippen LogP contribution >= 0.6 is 0 Å². The fourth-order valence-electron chi connectivity index (χ4n) is 4.01. The minimum atomic E-state index is -2.99. The molecule has 8 heteroatoms. The van der Waals surface area contributed by atoms with Gasteiger partial charge in [0, 0.05) is 55.4 Å². The third-order valence-electron chi connectivity index (χ3n) is 5.42. The van der Waals surface area contributed by atoms with Crippen molar-refractivity contribution >= 4 is 21.6 Å². The van der Waals surface area contributed by atoms with Gasteiger partial charge in [-0.3, -0.25) is 0 Å². The SMILES string of the molecule is Cc1cc(N2CCC(N[C@H]3C=CS(=O)(=O)C3)CC2)nc(N2CCCC2)n1. The van der Waals surface area contributed by atoms with Gasteiger partial charge in [0.15, 0.2) is 9.84 Å². The molecule has 0 radical (unpaired) electrons. The molecular formula is C18H27N5O2S. The van der Waals surface area contributed by atoms with Gasteiger partial charge in [-0.1, -0.05) is 6.08 Å². The highest BCUT2D eigenvalue weighted by atomic mass is 32.2. The van der Waals surface area contributed by atoms with Crippen molar-refractivity contribution in [3.8, 4) is 0 Å². The van der Waals surface area contributed by atoms with Crippen LogP contribution in [0.15, 0.2) is 17.6 Å². The second-order valence-electron chi connectivity index (χ2n) is 7.55. The quantitative estimate of drug-likeness (QED) is 0.846. The average molecular weight is 378 g/mol. The first kappa shape index (κ1) is 17.7. The lowest BCUT2D eigenvalue weighted by Crippen LogP contribution is -2.46. The van der Waals surface area contributed by atoms with Crippen molar-refractivity contribution in [3.05, 3.63) is 23.2 Å². The normalized spacial score (nSPS) is 26.0. The molecule has 1 aromatic rings. The van der Waals surface area contributed by atoms with Crippen molar-refractivity contribution in [2.45, 2.75) is 44.7 Å². The zero-order valence-electron chi connectivity index (χ0n) is 15.3. The standard InChI is InChI=1S/C18H27N5O2S/c1-14-12-17(21-18(19-14)23-7-2-3-8-23)22-9-4-15(5-10-22)20-16-6-11-26(24,25)13-16/h6,11-12,15-16,20H,2-5,7-10,13H2,1H3/t16-/m0/s1. The minimum absolute atomic E-state index is 0.0420. The van der Waals surface area contributed by atoms with Gasteiger partial charge in [-0.05, 0) is 32.6 Å². The molecule has 1 atom stereocenters. The van der Waals surface area contributed by atoms with Crippen LogP contribution in [-0.4, -0.2) is 62.4 Å². The molecule has 0 unspecified atom stereocenters. The molecule has 0 amide bonds. The van der Waals surface area contributed by atoms with Gasteiger partial charge >= 0.3 is 0 Å². The van der Waals surface area contributed by atoms with Gasteiger partial charge in [0.1, 0.15) is 5.82 Å². The second kappa shape index (κ2) is 7.15. The monoisotopic (exact) mass is 377 g/mol. The number of rotatable bonds is 4. The molecule has 2 fully saturated rings. The lowest BCUT2D eigenvalue weighted by molar-refractivity contribution is 0.400. The molecule has 7 nitrogen and oxygen atoms in total. The molecule has 2 saturated heterocycles. The Morgan fingerprint density at radius 2 is 1.81 bits per heavy atom. The summed E-state index contributed by atoms with van der Waals surface area (Å²) in [5.74, 6) is 2.07. The molecule has 3 aliphatic heterocycles. The minimum Gasteiger partial charge on any atom is -0.356 e. The van der Waals surface area contributed by atoms with E-state index in [-0.39, 0.29) is 11.8 Å². The summed E-state index contributed by atoms with van der Waals surface area (Å²) < 4.78 is 23.1. The van der Waals surface area contributed by atoms with Crippen molar-refractivity contribution in [2.75, 3.05) is 41.7 Å². The van der Waals surface area contributed by atoms with E-state index in [9.17, 15) is 8.42 Å². The molecule has 0 aliphatic carbocycles. The predicted molar refractivity (Wildman–Crippen MR) is 103 cm³/mol. The van der Waals surface area contributed by atoms with Crippen molar-refractivity contribution in [1.82, 2.24) is 15.3 Å². The number of piperidine rings is 1. The summed E-state index contributed by atoms with van der Waals surface area (Å²) in [4.78, 5) is 14.0. The van der Waals surface area contributed by atoms with Crippen LogP contribution in [0, 0.1) is 6.92 Å². The second-order valence-corrected chi connectivity index (χ2v) is 9.49. The Bertz CT molecular complexity index is 781. The molecule has 0 spiro atoms. The first-order valence-electron chi connectivity index (χ1n) is 9.51. The lowest BCUT2D eigenvalue weighted by Gasteiger charge is -2.34. The van der Waals surface area contributed by atoms with Crippen molar-refractivity contribution in [3.63, 3.8) is 0 Å². The molecule has 26 heavy (non-hydrogen) atoms. The van der Waals surface area contributed by atoms with E-state index in [1.165, 1.54) is 18.2 Å². The number of nitrogens with one attached hydrogen (secondary N) is 1. The van der Waals surface area contributed by atoms with Crippen LogP contribution in [-0.2, 0) is 9.84 Å². The Hall–Kier alpha value is -1.67. The van der Waals surface area contributed by atoms with E-state index < -0.39 is 9.84 Å². The zero-order valence-corrected chi connectivity index (χ0v) is 16.1. The molecule has 0 bridgehead atoms. The van der Waals surface area contributed by atoms with E-state index >= 15 is 0 Å². The summed E-state index contributed by atoms with van der Waals surface area (Å²) in [5.41, 5.74) is 1.01. The number of hydrogen-bond acceptors (Lipinski definition) is 7. The van der Waals surface area contributed by atoms with Gasteiger partial charge in [-0.2, -0.15) is 4.98 Å². The fraction of sp³-hybridized carbons (Fsp3) is 0.667. The van der Waals surface area contributed by atoms with Crippen LogP contribution in [0.3, 0.4) is 0 Å². The predicted octanol–water partition coefficient (Wildman–Crippen LogP) is 1.25. The highest BCUT2D eigenvalue weighted by Crippen LogP contribution is 2.24. The Kier molecular flexibility index (Phi) is 4.88. The van der Waals surface area contributed by atoms with Crippen LogP contribution in [0.25, 0.3) is 0 Å². The number of anilines is 2. The van der Waals surface area contributed by atoms with Crippen LogP contribution in [0.1, 0.15) is 31.4 Å². The zero-order chi connectivity index (χ0) is 18.1.